The van der Waals surface area contributed by atoms with Crippen LogP contribution in [-0.2, 0) is 20.9 Å². The molecule has 2 aliphatic rings. The van der Waals surface area contributed by atoms with Gasteiger partial charge in [-0.2, -0.15) is 0 Å². The number of carbonyl (C=O) groups excluding carboxylic acids is 2. The van der Waals surface area contributed by atoms with Gasteiger partial charge in [0.25, 0.3) is 11.7 Å². The zero-order valence-corrected chi connectivity index (χ0v) is 19.6. The fourth-order valence-electron chi connectivity index (χ4n) is 4.67. The number of benzene rings is 3. The van der Waals surface area contributed by atoms with Gasteiger partial charge in [-0.05, 0) is 60.4 Å². The van der Waals surface area contributed by atoms with Crippen molar-refractivity contribution in [3.05, 3.63) is 107 Å². The van der Waals surface area contributed by atoms with Crippen LogP contribution in [0.5, 0.6) is 5.75 Å². The average molecular weight is 488 g/mol. The SMILES string of the molecule is O=C1C(=O)N(C[C@H]2CCCO2)[C@H](c2ccc(OCc3ccccc3)cc2)C1=C(O)c1ccc(F)cc1. The molecule has 184 valence electrons. The second kappa shape index (κ2) is 10.3. The molecule has 3 aromatic carbocycles. The molecule has 2 heterocycles. The molecule has 5 rings (SSSR count). The van der Waals surface area contributed by atoms with Crippen molar-refractivity contribution in [3.63, 3.8) is 0 Å². The molecule has 36 heavy (non-hydrogen) atoms. The highest BCUT2D eigenvalue weighted by atomic mass is 19.1. The Bertz CT molecular complexity index is 1270. The molecule has 0 bridgehead atoms. The second-order valence-electron chi connectivity index (χ2n) is 8.94. The molecular weight excluding hydrogens is 461 g/mol. The van der Waals surface area contributed by atoms with Gasteiger partial charge in [0.2, 0.25) is 0 Å². The maximum Gasteiger partial charge on any atom is 0.295 e. The van der Waals surface area contributed by atoms with Gasteiger partial charge in [0.1, 0.15) is 23.9 Å². The van der Waals surface area contributed by atoms with Crippen LogP contribution in [-0.4, -0.2) is 41.0 Å². The lowest BCUT2D eigenvalue weighted by atomic mass is 9.95. The summed E-state index contributed by atoms with van der Waals surface area (Å²) < 4.78 is 25.1. The van der Waals surface area contributed by atoms with Crippen LogP contribution in [0.1, 0.15) is 35.6 Å². The summed E-state index contributed by atoms with van der Waals surface area (Å²) in [6, 6.07) is 21.3. The Morgan fingerprint density at radius 3 is 2.39 bits per heavy atom. The van der Waals surface area contributed by atoms with E-state index in [1.165, 1.54) is 29.2 Å². The number of halogens is 1. The molecule has 1 N–H and O–H groups in total. The van der Waals surface area contributed by atoms with Crippen LogP contribution in [0.2, 0.25) is 0 Å². The molecule has 1 amide bonds. The van der Waals surface area contributed by atoms with Gasteiger partial charge in [-0.3, -0.25) is 9.59 Å². The molecule has 0 radical (unpaired) electrons. The van der Waals surface area contributed by atoms with Gasteiger partial charge in [0.05, 0.1) is 17.7 Å². The number of hydrogen-bond donors (Lipinski definition) is 1. The highest BCUT2D eigenvalue weighted by Gasteiger charge is 2.47. The number of aliphatic hydroxyl groups is 1. The number of ether oxygens (including phenoxy) is 2. The molecule has 0 spiro atoms. The van der Waals surface area contributed by atoms with Crippen molar-refractivity contribution in [1.29, 1.82) is 0 Å². The lowest BCUT2D eigenvalue weighted by Crippen LogP contribution is -2.36. The fraction of sp³-hybridized carbons (Fsp3) is 0.241. The Kier molecular flexibility index (Phi) is 6.82. The minimum atomic E-state index is -0.803. The van der Waals surface area contributed by atoms with Crippen molar-refractivity contribution in [2.24, 2.45) is 0 Å². The first-order valence-electron chi connectivity index (χ1n) is 11.9. The van der Waals surface area contributed by atoms with Crippen LogP contribution in [0, 0.1) is 5.82 Å². The number of nitrogens with zero attached hydrogens (tertiary/aromatic N) is 1. The molecule has 0 aromatic heterocycles. The first-order chi connectivity index (χ1) is 17.5. The topological polar surface area (TPSA) is 76.1 Å². The van der Waals surface area contributed by atoms with Gasteiger partial charge < -0.3 is 19.5 Å². The lowest BCUT2D eigenvalue weighted by molar-refractivity contribution is -0.140. The van der Waals surface area contributed by atoms with E-state index in [9.17, 15) is 19.1 Å². The summed E-state index contributed by atoms with van der Waals surface area (Å²) in [7, 11) is 0. The molecule has 2 saturated heterocycles. The highest BCUT2D eigenvalue weighted by molar-refractivity contribution is 6.46. The highest BCUT2D eigenvalue weighted by Crippen LogP contribution is 2.40. The zero-order chi connectivity index (χ0) is 25.1. The third-order valence-electron chi connectivity index (χ3n) is 6.53. The van der Waals surface area contributed by atoms with Crippen molar-refractivity contribution >= 4 is 17.4 Å². The Labute approximate surface area is 208 Å². The van der Waals surface area contributed by atoms with Crippen LogP contribution in [0.4, 0.5) is 4.39 Å². The van der Waals surface area contributed by atoms with Crippen LogP contribution in [0.3, 0.4) is 0 Å². The smallest absolute Gasteiger partial charge is 0.295 e. The van der Waals surface area contributed by atoms with Gasteiger partial charge >= 0.3 is 0 Å². The van der Waals surface area contributed by atoms with E-state index in [1.807, 2.05) is 30.3 Å². The van der Waals surface area contributed by atoms with E-state index in [1.54, 1.807) is 24.3 Å². The molecule has 3 aromatic rings. The van der Waals surface area contributed by atoms with Gasteiger partial charge in [0, 0.05) is 18.7 Å². The predicted molar refractivity (Wildman–Crippen MR) is 132 cm³/mol. The molecule has 2 aliphatic heterocycles. The van der Waals surface area contributed by atoms with Crippen molar-refractivity contribution in [3.8, 4) is 5.75 Å². The number of aliphatic hydroxyl groups excluding tert-OH is 1. The number of Topliss-reactive ketones (excluding diaryl/α,β-unsaturated/α-hetero) is 1. The minimum Gasteiger partial charge on any atom is -0.507 e. The van der Waals surface area contributed by atoms with E-state index < -0.39 is 23.5 Å². The van der Waals surface area contributed by atoms with Gasteiger partial charge in [0.15, 0.2) is 0 Å². The van der Waals surface area contributed by atoms with E-state index in [2.05, 4.69) is 0 Å². The van der Waals surface area contributed by atoms with Crippen LogP contribution < -0.4 is 4.74 Å². The summed E-state index contributed by atoms with van der Waals surface area (Å²) in [5, 5.41) is 11.1. The lowest BCUT2D eigenvalue weighted by Gasteiger charge is -2.27. The van der Waals surface area contributed by atoms with E-state index in [4.69, 9.17) is 9.47 Å². The van der Waals surface area contributed by atoms with Gasteiger partial charge in [-0.15, -0.1) is 0 Å². The second-order valence-corrected chi connectivity index (χ2v) is 8.94. The summed E-state index contributed by atoms with van der Waals surface area (Å²) in [6.45, 7) is 1.26. The molecular formula is C29H26FNO5. The number of hydrogen-bond acceptors (Lipinski definition) is 5. The quantitative estimate of drug-likeness (QED) is 0.288. The number of amides is 1. The normalized spacial score (nSPS) is 21.2. The molecule has 0 unspecified atom stereocenters. The van der Waals surface area contributed by atoms with Crippen molar-refractivity contribution in [1.82, 2.24) is 4.90 Å². The van der Waals surface area contributed by atoms with Gasteiger partial charge in [-0.1, -0.05) is 42.5 Å². The first-order valence-corrected chi connectivity index (χ1v) is 11.9. The van der Waals surface area contributed by atoms with Crippen molar-refractivity contribution in [2.45, 2.75) is 31.6 Å². The summed E-state index contributed by atoms with van der Waals surface area (Å²) >= 11 is 0. The Balaban J connectivity index is 1.48. The summed E-state index contributed by atoms with van der Waals surface area (Å²) in [5.41, 5.74) is 1.93. The van der Waals surface area contributed by atoms with Crippen LogP contribution in [0.15, 0.2) is 84.4 Å². The molecule has 0 aliphatic carbocycles. The predicted octanol–water partition coefficient (Wildman–Crippen LogP) is 5.01. The van der Waals surface area contributed by atoms with Crippen molar-refractivity contribution in [2.75, 3.05) is 13.2 Å². The molecule has 6 nitrogen and oxygen atoms in total. The molecule has 7 heteroatoms. The molecule has 0 saturated carbocycles. The average Bonchev–Trinajstić information content (AvgIpc) is 3.51. The Hall–Kier alpha value is -3.97. The maximum atomic E-state index is 13.5. The van der Waals surface area contributed by atoms with E-state index >= 15 is 0 Å². The summed E-state index contributed by atoms with van der Waals surface area (Å²) in [5.74, 6) is -1.63. The standard InChI is InChI=1S/C29H26FNO5/c30-22-12-8-21(9-13-22)27(32)25-26(31(29(34)28(25)33)17-24-7-4-16-35-24)20-10-14-23(15-11-20)36-18-19-5-2-1-3-6-19/h1-3,5-6,8-15,24,26,32H,4,7,16-18H2/t24-,26-/m1/s1. The van der Waals surface area contributed by atoms with E-state index in [0.29, 0.717) is 24.5 Å². The summed E-state index contributed by atoms with van der Waals surface area (Å²) in [6.07, 6.45) is 1.51. The first kappa shape index (κ1) is 23.8. The van der Waals surface area contributed by atoms with Crippen LogP contribution >= 0.6 is 0 Å². The zero-order valence-electron chi connectivity index (χ0n) is 19.6. The van der Waals surface area contributed by atoms with E-state index in [0.717, 1.165) is 18.4 Å². The number of likely N-dealkylation sites (tertiary alicyclic amines) is 1. The third-order valence-corrected chi connectivity index (χ3v) is 6.53. The monoisotopic (exact) mass is 487 g/mol. The molecule has 2 atom stereocenters. The summed E-state index contributed by atoms with van der Waals surface area (Å²) in [4.78, 5) is 27.7. The third kappa shape index (κ3) is 4.88. The fourth-order valence-corrected chi connectivity index (χ4v) is 4.67. The largest absolute Gasteiger partial charge is 0.507 e. The number of ketones is 1. The Morgan fingerprint density at radius 1 is 1.00 bits per heavy atom. The van der Waals surface area contributed by atoms with Gasteiger partial charge in [-0.25, -0.2) is 4.39 Å². The maximum absolute atomic E-state index is 13.5. The van der Waals surface area contributed by atoms with Crippen LogP contribution in [0.25, 0.3) is 5.76 Å². The molecule has 2 fully saturated rings. The minimum absolute atomic E-state index is 0.0254. The number of rotatable bonds is 7. The van der Waals surface area contributed by atoms with E-state index in [-0.39, 0.29) is 29.5 Å². The van der Waals surface area contributed by atoms with Crippen molar-refractivity contribution < 1.29 is 28.6 Å². The number of carbonyl (C=O) groups is 2. The Morgan fingerprint density at radius 2 is 1.72 bits per heavy atom.